The van der Waals surface area contributed by atoms with Crippen molar-refractivity contribution >= 4 is 82.2 Å². The Hall–Kier alpha value is -5.95. The second kappa shape index (κ2) is 12.8. The maximum Gasteiger partial charge on any atom is 0.136 e. The van der Waals surface area contributed by atoms with Crippen molar-refractivity contribution in [1.82, 2.24) is 0 Å². The van der Waals surface area contributed by atoms with Gasteiger partial charge in [0.15, 0.2) is 0 Å². The Balaban J connectivity index is 1.21. The molecule has 0 spiro atoms. The molecule has 0 radical (unpaired) electrons. The summed E-state index contributed by atoms with van der Waals surface area (Å²) in [4.78, 5) is 2.53. The van der Waals surface area contributed by atoms with Crippen LogP contribution < -0.4 is 20.5 Å². The van der Waals surface area contributed by atoms with E-state index in [1.54, 1.807) is 0 Å². The van der Waals surface area contributed by atoms with Crippen LogP contribution in [0.25, 0.3) is 66.1 Å². The van der Waals surface area contributed by atoms with Gasteiger partial charge in [0.2, 0.25) is 0 Å². The number of anilines is 3. The molecule has 0 saturated heterocycles. The summed E-state index contributed by atoms with van der Waals surface area (Å²) in [5.41, 5.74) is 14.6. The van der Waals surface area contributed by atoms with Gasteiger partial charge in [0.25, 0.3) is 0 Å². The summed E-state index contributed by atoms with van der Waals surface area (Å²) < 4.78 is 6.41. The van der Waals surface area contributed by atoms with Crippen LogP contribution in [0.15, 0.2) is 168 Å². The van der Waals surface area contributed by atoms with E-state index in [0.29, 0.717) is 0 Å². The Kier molecular flexibility index (Phi) is 7.84. The molecule has 0 aliphatic carbocycles. The zero-order valence-electron chi connectivity index (χ0n) is 32.0. The molecule has 8 aromatic carbocycles. The summed E-state index contributed by atoms with van der Waals surface area (Å²) >= 11 is 0. The van der Waals surface area contributed by atoms with E-state index >= 15 is 0 Å². The third-order valence-corrected chi connectivity index (χ3v) is 17.2. The van der Waals surface area contributed by atoms with Crippen molar-refractivity contribution in [3.63, 3.8) is 0 Å². The highest BCUT2D eigenvalue weighted by molar-refractivity contribution is 7.04. The molecule has 1 aromatic heterocycles. The lowest BCUT2D eigenvalue weighted by molar-refractivity contribution is 0.669. The Labute approximate surface area is 325 Å². The smallest absolute Gasteiger partial charge is 0.136 e. The molecule has 9 aromatic rings. The number of rotatable bonds is 6. The Morgan fingerprint density at radius 3 is 2.04 bits per heavy atom. The first-order chi connectivity index (χ1) is 26.8. The van der Waals surface area contributed by atoms with Gasteiger partial charge >= 0.3 is 0 Å². The molecule has 0 fully saturated rings. The van der Waals surface area contributed by atoms with Crippen molar-refractivity contribution < 1.29 is 4.42 Å². The lowest BCUT2D eigenvalue weighted by atomic mass is 9.96. The van der Waals surface area contributed by atoms with Crippen LogP contribution in [0.3, 0.4) is 0 Å². The van der Waals surface area contributed by atoms with Gasteiger partial charge in [0, 0.05) is 27.7 Å². The van der Waals surface area contributed by atoms with Gasteiger partial charge in [-0.15, -0.1) is 0 Å². The predicted molar refractivity (Wildman–Crippen MR) is 242 cm³/mol. The van der Waals surface area contributed by atoms with E-state index in [0.717, 1.165) is 16.9 Å². The van der Waals surface area contributed by atoms with E-state index in [2.05, 4.69) is 202 Å². The first-order valence-corrected chi connectivity index (χ1v) is 25.3. The van der Waals surface area contributed by atoms with Crippen molar-refractivity contribution in [2.75, 3.05) is 4.90 Å². The number of para-hydroxylation sites is 1. The van der Waals surface area contributed by atoms with Gasteiger partial charge in [-0.3, -0.25) is 0 Å². The fourth-order valence-corrected chi connectivity index (χ4v) is 13.7. The second-order valence-electron chi connectivity index (χ2n) is 15.9. The minimum absolute atomic E-state index is 0.950. The van der Waals surface area contributed by atoms with Crippen LogP contribution in [0, 0.1) is 6.92 Å². The molecule has 0 saturated carbocycles. The molecular weight excluding hydrogens is 699 g/mol. The summed E-state index contributed by atoms with van der Waals surface area (Å²) in [6.07, 6.45) is 0. The van der Waals surface area contributed by atoms with E-state index in [9.17, 15) is 0 Å². The van der Waals surface area contributed by atoms with Gasteiger partial charge in [0.05, 0.1) is 14.5 Å². The van der Waals surface area contributed by atoms with E-state index in [1.807, 2.05) is 0 Å². The zero-order valence-corrected chi connectivity index (χ0v) is 34.2. The van der Waals surface area contributed by atoms with Crippen LogP contribution in [0.5, 0.6) is 0 Å². The quantitative estimate of drug-likeness (QED) is 0.158. The van der Waals surface area contributed by atoms with E-state index in [4.69, 9.17) is 4.42 Å². The van der Waals surface area contributed by atoms with Gasteiger partial charge in [0.1, 0.15) is 19.2 Å². The van der Waals surface area contributed by atoms with Crippen LogP contribution in [0.4, 0.5) is 17.1 Å². The fraction of sp³-hybridized carbons (Fsp3) is 0.0980. The summed E-state index contributed by atoms with van der Waals surface area (Å²) in [7, 11) is -3.33. The Morgan fingerprint density at radius 1 is 0.527 bits per heavy atom. The highest BCUT2D eigenvalue weighted by Gasteiger charge is 2.40. The van der Waals surface area contributed by atoms with Crippen LogP contribution in [0.2, 0.25) is 26.2 Å². The Bertz CT molecular complexity index is 2950. The van der Waals surface area contributed by atoms with E-state index < -0.39 is 16.9 Å². The minimum Gasteiger partial charge on any atom is -0.456 e. The van der Waals surface area contributed by atoms with Gasteiger partial charge < -0.3 is 9.32 Å². The number of hydrogen-bond acceptors (Lipinski definition) is 2. The number of aryl methyl sites for hydroxylation is 1. The predicted octanol–water partition coefficient (Wildman–Crippen LogP) is 12.3. The molecule has 1 aliphatic rings. The van der Waals surface area contributed by atoms with Gasteiger partial charge in [-0.1, -0.05) is 153 Å². The number of furan rings is 1. The van der Waals surface area contributed by atoms with Crippen molar-refractivity contribution in [2.45, 2.75) is 33.1 Å². The molecule has 2 heterocycles. The maximum absolute atomic E-state index is 6.41. The third kappa shape index (κ3) is 5.27. The Morgan fingerprint density at radius 2 is 1.22 bits per heavy atom. The molecule has 266 valence electrons. The molecule has 4 heteroatoms. The standard InChI is InChI=1S/C51H43NOSi2/c1-33-14-6-8-17-38(33)49-43(21-13-23-46(49)54(2)3)52(36-26-24-35(25-27-36)40-20-12-16-34-15-7-9-18-39(34)40)37-28-29-42-48(32-37)55(4,5)47-31-30-45-50(51(42)47)41-19-10-11-22-44(41)53-45/h6-32,54H,1-5H3. The minimum atomic E-state index is -2.09. The third-order valence-electron chi connectivity index (χ3n) is 12.0. The molecule has 2 nitrogen and oxygen atoms in total. The van der Waals surface area contributed by atoms with E-state index in [1.165, 1.54) is 87.4 Å². The van der Waals surface area contributed by atoms with Crippen molar-refractivity contribution in [3.8, 4) is 33.4 Å². The number of nitrogens with zero attached hydrogens (tertiary/aromatic N) is 1. The molecule has 1 aliphatic heterocycles. The van der Waals surface area contributed by atoms with Crippen LogP contribution in [0.1, 0.15) is 5.56 Å². The highest BCUT2D eigenvalue weighted by atomic mass is 28.3. The van der Waals surface area contributed by atoms with Crippen molar-refractivity contribution in [2.24, 2.45) is 0 Å². The summed E-state index contributed by atoms with van der Waals surface area (Å²) in [6.45, 7) is 12.2. The molecular formula is C51H43NOSi2. The average Bonchev–Trinajstić information content (AvgIpc) is 3.70. The van der Waals surface area contributed by atoms with E-state index in [-0.39, 0.29) is 0 Å². The first kappa shape index (κ1) is 33.6. The molecule has 55 heavy (non-hydrogen) atoms. The fourth-order valence-electron chi connectivity index (χ4n) is 9.23. The van der Waals surface area contributed by atoms with Crippen molar-refractivity contribution in [1.29, 1.82) is 0 Å². The van der Waals surface area contributed by atoms with Crippen LogP contribution >= 0.6 is 0 Å². The number of fused-ring (bicyclic) bond motifs is 8. The maximum atomic E-state index is 6.41. The topological polar surface area (TPSA) is 16.4 Å². The molecule has 0 atom stereocenters. The SMILES string of the molecule is Cc1ccccc1-c1c(N(c2ccc(-c3cccc4ccccc34)cc2)c2ccc3c(c2)[Si](C)(C)c2ccc4oc5ccccc5c4c2-3)cccc1[SiH](C)C. The lowest BCUT2D eigenvalue weighted by Gasteiger charge is -2.31. The lowest BCUT2D eigenvalue weighted by Crippen LogP contribution is -2.49. The largest absolute Gasteiger partial charge is 0.456 e. The summed E-state index contributed by atoms with van der Waals surface area (Å²) in [5.74, 6) is 0. The number of hydrogen-bond donors (Lipinski definition) is 0. The van der Waals surface area contributed by atoms with Crippen molar-refractivity contribution in [3.05, 3.63) is 169 Å². The van der Waals surface area contributed by atoms with Crippen LogP contribution in [-0.2, 0) is 0 Å². The molecule has 10 rings (SSSR count). The zero-order chi connectivity index (χ0) is 37.4. The van der Waals surface area contributed by atoms with Gasteiger partial charge in [-0.2, -0.15) is 0 Å². The monoisotopic (exact) mass is 741 g/mol. The van der Waals surface area contributed by atoms with Crippen LogP contribution in [-0.4, -0.2) is 16.9 Å². The molecule has 0 bridgehead atoms. The highest BCUT2D eigenvalue weighted by Crippen LogP contribution is 2.45. The average molecular weight is 742 g/mol. The molecule has 0 unspecified atom stereocenters. The number of benzene rings is 8. The van der Waals surface area contributed by atoms with Gasteiger partial charge in [-0.05, 0) is 104 Å². The molecule has 0 amide bonds. The van der Waals surface area contributed by atoms with Gasteiger partial charge in [-0.25, -0.2) is 0 Å². The summed E-state index contributed by atoms with van der Waals surface area (Å²) in [5, 5.41) is 9.42. The summed E-state index contributed by atoms with van der Waals surface area (Å²) in [6, 6.07) is 60.8. The second-order valence-corrected chi connectivity index (χ2v) is 23.2. The first-order valence-electron chi connectivity index (χ1n) is 19.5. The molecule has 0 N–H and O–H groups in total. The normalized spacial score (nSPS) is 13.1.